The minimum Gasteiger partial charge on any atom is -0.493 e. The Bertz CT molecular complexity index is 739. The molecular weight excluding hydrogens is 322 g/mol. The van der Waals surface area contributed by atoms with Gasteiger partial charge in [-0.25, -0.2) is 0 Å². The molecule has 0 aliphatic heterocycles. The van der Waals surface area contributed by atoms with Crippen molar-refractivity contribution in [1.29, 1.82) is 0 Å². The van der Waals surface area contributed by atoms with Crippen LogP contribution >= 0.6 is 12.6 Å². The van der Waals surface area contributed by atoms with Crippen molar-refractivity contribution in [3.63, 3.8) is 0 Å². The summed E-state index contributed by atoms with van der Waals surface area (Å²) in [6.07, 6.45) is 4.84. The van der Waals surface area contributed by atoms with Crippen LogP contribution in [-0.2, 0) is 4.79 Å². The molecule has 0 saturated heterocycles. The second-order valence-corrected chi connectivity index (χ2v) is 5.40. The summed E-state index contributed by atoms with van der Waals surface area (Å²) >= 11 is 4.21. The summed E-state index contributed by atoms with van der Waals surface area (Å²) in [7, 11) is 1.57. The predicted octanol–water partition coefficient (Wildman–Crippen LogP) is 4.20. The van der Waals surface area contributed by atoms with Crippen LogP contribution in [0.2, 0.25) is 0 Å². The number of rotatable bonds is 7. The Morgan fingerprint density at radius 3 is 2.62 bits per heavy atom. The number of hydrogen-bond donors (Lipinski definition) is 2. The van der Waals surface area contributed by atoms with Gasteiger partial charge in [-0.05, 0) is 48.0 Å². The lowest BCUT2D eigenvalue weighted by molar-refractivity contribution is -0.111. The van der Waals surface area contributed by atoms with Crippen molar-refractivity contribution >= 4 is 30.3 Å². The quantitative estimate of drug-likeness (QED) is 0.451. The van der Waals surface area contributed by atoms with Crippen LogP contribution in [0.4, 0.5) is 5.69 Å². The second-order valence-electron chi connectivity index (χ2n) is 4.88. The number of methoxy groups -OCH3 is 1. The Balaban J connectivity index is 2.03. The number of thiol groups is 1. The van der Waals surface area contributed by atoms with Gasteiger partial charge in [-0.15, -0.1) is 12.6 Å². The molecule has 0 aromatic heterocycles. The number of carbonyl (C=O) groups is 1. The summed E-state index contributed by atoms with van der Waals surface area (Å²) in [6, 6.07) is 12.7. The SMILES string of the molecule is C=CCOc1ccc(/C=C/C(=O)Nc2ccc(S)cc2)cc1OC. The molecule has 0 heterocycles. The van der Waals surface area contributed by atoms with E-state index in [1.807, 2.05) is 18.2 Å². The van der Waals surface area contributed by atoms with E-state index in [9.17, 15) is 4.79 Å². The molecule has 5 heteroatoms. The number of benzene rings is 2. The molecule has 24 heavy (non-hydrogen) atoms. The summed E-state index contributed by atoms with van der Waals surface area (Å²) in [6.45, 7) is 4.01. The maximum absolute atomic E-state index is 11.9. The minimum absolute atomic E-state index is 0.215. The van der Waals surface area contributed by atoms with Crippen LogP contribution in [0, 0.1) is 0 Å². The average Bonchev–Trinajstić information content (AvgIpc) is 2.60. The molecule has 0 fully saturated rings. The highest BCUT2D eigenvalue weighted by Gasteiger charge is 2.04. The molecule has 2 rings (SSSR count). The maximum atomic E-state index is 11.9. The summed E-state index contributed by atoms with van der Waals surface area (Å²) in [4.78, 5) is 12.8. The van der Waals surface area contributed by atoms with Gasteiger partial charge in [-0.2, -0.15) is 0 Å². The second kappa shape index (κ2) is 8.84. The molecule has 0 atom stereocenters. The van der Waals surface area contributed by atoms with Crippen molar-refractivity contribution < 1.29 is 14.3 Å². The van der Waals surface area contributed by atoms with Crippen molar-refractivity contribution in [2.45, 2.75) is 4.90 Å². The molecule has 0 spiro atoms. The van der Waals surface area contributed by atoms with Crippen LogP contribution in [-0.4, -0.2) is 19.6 Å². The topological polar surface area (TPSA) is 47.6 Å². The molecule has 0 saturated carbocycles. The number of ether oxygens (including phenoxy) is 2. The van der Waals surface area contributed by atoms with Gasteiger partial charge in [0.25, 0.3) is 0 Å². The molecule has 2 aromatic rings. The van der Waals surface area contributed by atoms with Gasteiger partial charge in [-0.3, -0.25) is 4.79 Å². The summed E-state index contributed by atoms with van der Waals surface area (Å²) in [5.41, 5.74) is 1.55. The monoisotopic (exact) mass is 341 g/mol. The molecule has 124 valence electrons. The molecule has 2 aromatic carbocycles. The molecule has 0 radical (unpaired) electrons. The van der Waals surface area contributed by atoms with E-state index in [0.717, 1.165) is 10.5 Å². The van der Waals surface area contributed by atoms with E-state index in [1.54, 1.807) is 43.5 Å². The van der Waals surface area contributed by atoms with Crippen molar-refractivity contribution in [1.82, 2.24) is 0 Å². The van der Waals surface area contributed by atoms with Gasteiger partial charge in [0.2, 0.25) is 5.91 Å². The lowest BCUT2D eigenvalue weighted by atomic mass is 10.2. The van der Waals surface area contributed by atoms with E-state index >= 15 is 0 Å². The molecule has 1 amide bonds. The highest BCUT2D eigenvalue weighted by molar-refractivity contribution is 7.80. The molecule has 0 aliphatic carbocycles. The van der Waals surface area contributed by atoms with Crippen LogP contribution in [0.25, 0.3) is 6.08 Å². The fraction of sp³-hybridized carbons (Fsp3) is 0.105. The Hall–Kier alpha value is -2.66. The van der Waals surface area contributed by atoms with Crippen LogP contribution in [0.3, 0.4) is 0 Å². The first-order valence-corrected chi connectivity index (χ1v) is 7.77. The van der Waals surface area contributed by atoms with Gasteiger partial charge in [0.15, 0.2) is 11.5 Å². The summed E-state index contributed by atoms with van der Waals surface area (Å²) < 4.78 is 10.8. The third-order valence-corrected chi connectivity index (χ3v) is 3.40. The van der Waals surface area contributed by atoms with E-state index in [1.165, 1.54) is 6.08 Å². The first kappa shape index (κ1) is 17.7. The van der Waals surface area contributed by atoms with E-state index in [4.69, 9.17) is 9.47 Å². The van der Waals surface area contributed by atoms with Gasteiger partial charge in [0.1, 0.15) is 6.61 Å². The zero-order chi connectivity index (χ0) is 17.4. The lowest BCUT2D eigenvalue weighted by Gasteiger charge is -2.09. The number of anilines is 1. The van der Waals surface area contributed by atoms with Crippen molar-refractivity contribution in [3.8, 4) is 11.5 Å². The highest BCUT2D eigenvalue weighted by atomic mass is 32.1. The predicted molar refractivity (Wildman–Crippen MR) is 100 cm³/mol. The Morgan fingerprint density at radius 2 is 1.96 bits per heavy atom. The number of hydrogen-bond acceptors (Lipinski definition) is 4. The molecule has 0 bridgehead atoms. The molecule has 1 N–H and O–H groups in total. The Morgan fingerprint density at radius 1 is 1.21 bits per heavy atom. The normalized spacial score (nSPS) is 10.4. The van der Waals surface area contributed by atoms with E-state index < -0.39 is 0 Å². The molecule has 0 unspecified atom stereocenters. The van der Waals surface area contributed by atoms with Gasteiger partial charge in [0, 0.05) is 16.7 Å². The number of nitrogens with one attached hydrogen (secondary N) is 1. The zero-order valence-corrected chi connectivity index (χ0v) is 14.3. The lowest BCUT2D eigenvalue weighted by Crippen LogP contribution is -2.07. The Labute approximate surface area is 147 Å². The van der Waals surface area contributed by atoms with Crippen molar-refractivity contribution in [2.24, 2.45) is 0 Å². The highest BCUT2D eigenvalue weighted by Crippen LogP contribution is 2.28. The molecule has 4 nitrogen and oxygen atoms in total. The van der Waals surface area contributed by atoms with Gasteiger partial charge in [-0.1, -0.05) is 18.7 Å². The van der Waals surface area contributed by atoms with E-state index in [2.05, 4.69) is 24.5 Å². The fourth-order valence-electron chi connectivity index (χ4n) is 1.96. The molecular formula is C19H19NO3S. The maximum Gasteiger partial charge on any atom is 0.248 e. The number of carbonyl (C=O) groups excluding carboxylic acids is 1. The zero-order valence-electron chi connectivity index (χ0n) is 13.4. The average molecular weight is 341 g/mol. The minimum atomic E-state index is -0.215. The third-order valence-electron chi connectivity index (χ3n) is 3.11. The largest absolute Gasteiger partial charge is 0.493 e. The van der Waals surface area contributed by atoms with Crippen LogP contribution in [0.1, 0.15) is 5.56 Å². The van der Waals surface area contributed by atoms with E-state index in [0.29, 0.717) is 23.8 Å². The van der Waals surface area contributed by atoms with Gasteiger partial charge < -0.3 is 14.8 Å². The first-order valence-electron chi connectivity index (χ1n) is 7.32. The summed E-state index contributed by atoms with van der Waals surface area (Å²) in [5, 5.41) is 2.78. The Kier molecular flexibility index (Phi) is 6.51. The third kappa shape index (κ3) is 5.21. The first-order chi connectivity index (χ1) is 11.6. The standard InChI is InChI=1S/C19H19NO3S/c1-3-12-23-17-10-4-14(13-18(17)22-2)5-11-19(21)20-15-6-8-16(24)9-7-15/h3-11,13,24H,1,12H2,2H3,(H,20,21)/b11-5+. The van der Waals surface area contributed by atoms with Gasteiger partial charge in [0.05, 0.1) is 7.11 Å². The smallest absolute Gasteiger partial charge is 0.248 e. The van der Waals surface area contributed by atoms with Crippen LogP contribution in [0.15, 0.2) is 66.1 Å². The number of amides is 1. The fourth-order valence-corrected chi connectivity index (χ4v) is 2.11. The van der Waals surface area contributed by atoms with Crippen LogP contribution in [0.5, 0.6) is 11.5 Å². The molecule has 0 aliphatic rings. The van der Waals surface area contributed by atoms with E-state index in [-0.39, 0.29) is 5.91 Å². The summed E-state index contributed by atoms with van der Waals surface area (Å²) in [5.74, 6) is 1.02. The van der Waals surface area contributed by atoms with Crippen LogP contribution < -0.4 is 14.8 Å². The van der Waals surface area contributed by atoms with Crippen molar-refractivity contribution in [2.75, 3.05) is 19.0 Å². The van der Waals surface area contributed by atoms with Crippen molar-refractivity contribution in [3.05, 3.63) is 66.8 Å². The van der Waals surface area contributed by atoms with Gasteiger partial charge >= 0.3 is 0 Å².